The largest absolute Gasteiger partial charge is 0.544 e. The highest BCUT2D eigenvalue weighted by molar-refractivity contribution is 6.74. The minimum absolute atomic E-state index is 0.135. The third kappa shape index (κ3) is 2.44. The van der Waals surface area contributed by atoms with Crippen molar-refractivity contribution < 1.29 is 14.1 Å². The molecule has 3 aliphatic rings. The van der Waals surface area contributed by atoms with Crippen molar-refractivity contribution in [3.8, 4) is 5.75 Å². The molecule has 0 bridgehead atoms. The number of hydrogen-bond donors (Lipinski definition) is 0. The Hall–Kier alpha value is -2.40. The van der Waals surface area contributed by atoms with Gasteiger partial charge in [0.05, 0.1) is 5.41 Å². The van der Waals surface area contributed by atoms with Gasteiger partial charge >= 0.3 is 0 Å². The summed E-state index contributed by atoms with van der Waals surface area (Å²) < 4.78 is 6.42. The van der Waals surface area contributed by atoms with Crippen LogP contribution >= 0.6 is 0 Å². The van der Waals surface area contributed by atoms with E-state index in [1.54, 1.807) is 0 Å². The van der Waals surface area contributed by atoms with Crippen LogP contribution in [0.1, 0.15) is 44.7 Å². The summed E-state index contributed by atoms with van der Waals surface area (Å²) in [5.74, 6) is 1.14. The quantitative estimate of drug-likeness (QED) is 0.617. The van der Waals surface area contributed by atoms with Crippen molar-refractivity contribution in [2.75, 3.05) is 0 Å². The van der Waals surface area contributed by atoms with E-state index in [-0.39, 0.29) is 22.3 Å². The Bertz CT molecular complexity index is 1030. The summed E-state index contributed by atoms with van der Waals surface area (Å²) >= 11 is 0. The molecule has 4 nitrogen and oxygen atoms in total. The van der Waals surface area contributed by atoms with Gasteiger partial charge in [-0.3, -0.25) is 4.79 Å². The number of fused-ring (bicyclic) bond motifs is 2. The third-order valence-electron chi connectivity index (χ3n) is 7.65. The van der Waals surface area contributed by atoms with Crippen LogP contribution in [0.5, 0.6) is 5.75 Å². The van der Waals surface area contributed by atoms with Gasteiger partial charge in [-0.05, 0) is 60.8 Å². The Labute approximate surface area is 179 Å². The standard InChI is InChI=1S/C25H29NO3Si/c1-23(2,3)30(4,5)29-19-13-11-17(12-14-19)20-25(18-9-7-6-8-10-18)21(27)24(15-16-24)22(25)28-26-20/h6-14,22H,15-16H2,1-5H3. The fraction of sp³-hybridized carbons (Fsp3) is 0.440. The minimum Gasteiger partial charge on any atom is -0.544 e. The van der Waals surface area contributed by atoms with E-state index in [0.29, 0.717) is 0 Å². The molecular weight excluding hydrogens is 390 g/mol. The summed E-state index contributed by atoms with van der Waals surface area (Å²) in [7, 11) is -1.91. The predicted octanol–water partition coefficient (Wildman–Crippen LogP) is 5.47. The molecule has 156 valence electrons. The molecule has 0 radical (unpaired) electrons. The van der Waals surface area contributed by atoms with E-state index in [1.807, 2.05) is 54.6 Å². The van der Waals surface area contributed by atoms with Crippen molar-refractivity contribution in [1.82, 2.24) is 0 Å². The third-order valence-corrected chi connectivity index (χ3v) is 12.0. The van der Waals surface area contributed by atoms with Crippen LogP contribution < -0.4 is 4.43 Å². The molecule has 2 aromatic rings. The molecule has 2 atom stereocenters. The van der Waals surface area contributed by atoms with Crippen LogP contribution in [-0.2, 0) is 15.0 Å². The van der Waals surface area contributed by atoms with E-state index in [0.717, 1.165) is 35.4 Å². The molecule has 1 spiro atoms. The lowest BCUT2D eigenvalue weighted by atomic mass is 9.50. The average Bonchev–Trinajstić information content (AvgIpc) is 3.45. The van der Waals surface area contributed by atoms with Gasteiger partial charge in [-0.2, -0.15) is 0 Å². The second kappa shape index (κ2) is 6.07. The normalized spacial score (nSPS) is 26.5. The van der Waals surface area contributed by atoms with Gasteiger partial charge in [-0.25, -0.2) is 0 Å². The van der Waals surface area contributed by atoms with E-state index >= 15 is 0 Å². The number of carbonyl (C=O) groups is 1. The van der Waals surface area contributed by atoms with Gasteiger partial charge in [-0.15, -0.1) is 0 Å². The lowest BCUT2D eigenvalue weighted by Gasteiger charge is -2.48. The number of Topliss-reactive ketones (excluding diaryl/α,β-unsaturated/α-hetero) is 1. The topological polar surface area (TPSA) is 47.9 Å². The average molecular weight is 420 g/mol. The fourth-order valence-corrected chi connectivity index (χ4v) is 5.74. The number of hydrogen-bond acceptors (Lipinski definition) is 4. The van der Waals surface area contributed by atoms with E-state index in [2.05, 4.69) is 39.0 Å². The number of rotatable bonds is 4. The smallest absolute Gasteiger partial charge is 0.250 e. The van der Waals surface area contributed by atoms with E-state index in [4.69, 9.17) is 9.26 Å². The van der Waals surface area contributed by atoms with E-state index in [1.165, 1.54) is 0 Å². The van der Waals surface area contributed by atoms with Crippen LogP contribution in [0.3, 0.4) is 0 Å². The lowest BCUT2D eigenvalue weighted by Crippen LogP contribution is -2.68. The molecule has 0 N–H and O–H groups in total. The second-order valence-electron chi connectivity index (χ2n) is 10.5. The SMILES string of the molecule is CC(C)(C)[Si](C)(C)Oc1ccc(C2=NOC3C4(CC4)C(=O)C23c2ccccc2)cc1. The van der Waals surface area contributed by atoms with Crippen molar-refractivity contribution in [2.24, 2.45) is 10.6 Å². The van der Waals surface area contributed by atoms with Gasteiger partial charge < -0.3 is 9.26 Å². The van der Waals surface area contributed by atoms with Crippen LogP contribution in [0.4, 0.5) is 0 Å². The Kier molecular flexibility index (Phi) is 3.95. The molecule has 2 saturated carbocycles. The van der Waals surface area contributed by atoms with Gasteiger partial charge in [0, 0.05) is 5.56 Å². The van der Waals surface area contributed by atoms with Gasteiger partial charge in [0.1, 0.15) is 16.9 Å². The first-order valence-electron chi connectivity index (χ1n) is 10.8. The number of nitrogens with zero attached hydrogens (tertiary/aromatic N) is 1. The molecular formula is C25H29NO3Si. The summed E-state index contributed by atoms with van der Waals surface area (Å²) in [6.45, 7) is 11.2. The Balaban J connectivity index is 1.49. The summed E-state index contributed by atoms with van der Waals surface area (Å²) in [5, 5.41) is 4.61. The van der Waals surface area contributed by atoms with Crippen LogP contribution in [0.25, 0.3) is 0 Å². The van der Waals surface area contributed by atoms with Crippen LogP contribution in [0, 0.1) is 5.41 Å². The van der Waals surface area contributed by atoms with Crippen molar-refractivity contribution in [1.29, 1.82) is 0 Å². The first-order chi connectivity index (χ1) is 14.1. The van der Waals surface area contributed by atoms with Gasteiger partial charge in [-0.1, -0.05) is 56.3 Å². The zero-order chi connectivity index (χ0) is 21.4. The molecule has 5 heteroatoms. The van der Waals surface area contributed by atoms with Crippen LogP contribution in [0.15, 0.2) is 59.8 Å². The molecule has 1 heterocycles. The highest BCUT2D eigenvalue weighted by Crippen LogP contribution is 2.69. The lowest BCUT2D eigenvalue weighted by molar-refractivity contribution is -0.156. The fourth-order valence-electron chi connectivity index (χ4n) is 4.71. The minimum atomic E-state index is -1.91. The first-order valence-corrected chi connectivity index (χ1v) is 13.7. The Morgan fingerprint density at radius 1 is 1.03 bits per heavy atom. The van der Waals surface area contributed by atoms with Crippen LogP contribution in [-0.4, -0.2) is 25.9 Å². The monoisotopic (exact) mass is 419 g/mol. The zero-order valence-corrected chi connectivity index (χ0v) is 19.4. The van der Waals surface area contributed by atoms with Gasteiger partial charge in [0.15, 0.2) is 11.9 Å². The summed E-state index contributed by atoms with van der Waals surface area (Å²) in [5.41, 5.74) is 1.55. The molecule has 5 rings (SSSR count). The molecule has 0 amide bonds. The molecule has 30 heavy (non-hydrogen) atoms. The second-order valence-corrected chi connectivity index (χ2v) is 15.2. The first kappa shape index (κ1) is 19.6. The molecule has 2 aliphatic carbocycles. The molecule has 0 aromatic heterocycles. The predicted molar refractivity (Wildman–Crippen MR) is 120 cm³/mol. The van der Waals surface area contributed by atoms with E-state index < -0.39 is 13.7 Å². The number of benzene rings is 2. The molecule has 1 aliphatic heterocycles. The summed E-state index contributed by atoms with van der Waals surface area (Å²) in [6.07, 6.45) is 1.64. The Morgan fingerprint density at radius 3 is 2.23 bits per heavy atom. The molecule has 0 saturated heterocycles. The maximum Gasteiger partial charge on any atom is 0.250 e. The molecule has 2 fully saturated rings. The van der Waals surface area contributed by atoms with Crippen molar-refractivity contribution in [3.05, 3.63) is 65.7 Å². The summed E-state index contributed by atoms with van der Waals surface area (Å²) in [4.78, 5) is 19.4. The van der Waals surface area contributed by atoms with Crippen molar-refractivity contribution >= 4 is 19.8 Å². The molecule has 2 unspecified atom stereocenters. The zero-order valence-electron chi connectivity index (χ0n) is 18.4. The highest BCUT2D eigenvalue weighted by Gasteiger charge is 2.82. The van der Waals surface area contributed by atoms with Gasteiger partial charge in [0.2, 0.25) is 8.32 Å². The maximum absolute atomic E-state index is 13.5. The number of oxime groups is 1. The van der Waals surface area contributed by atoms with Crippen molar-refractivity contribution in [3.63, 3.8) is 0 Å². The van der Waals surface area contributed by atoms with E-state index in [9.17, 15) is 4.79 Å². The van der Waals surface area contributed by atoms with Crippen LogP contribution in [0.2, 0.25) is 18.1 Å². The van der Waals surface area contributed by atoms with Crippen molar-refractivity contribution in [2.45, 2.75) is 63.3 Å². The maximum atomic E-state index is 13.5. The highest BCUT2D eigenvalue weighted by atomic mass is 28.4. The number of carbonyl (C=O) groups excluding carboxylic acids is 1. The summed E-state index contributed by atoms with van der Waals surface area (Å²) in [6, 6.07) is 18.0. The Morgan fingerprint density at radius 2 is 1.67 bits per heavy atom. The molecule has 2 aromatic carbocycles. The van der Waals surface area contributed by atoms with Gasteiger partial charge in [0.25, 0.3) is 0 Å². The number of ketones is 1.